The molecule has 5 nitrogen and oxygen atoms in total. The second-order valence-corrected chi connectivity index (χ2v) is 7.74. The highest BCUT2D eigenvalue weighted by molar-refractivity contribution is 7.18. The highest BCUT2D eigenvalue weighted by Gasteiger charge is 2.13. The van der Waals surface area contributed by atoms with Crippen molar-refractivity contribution in [2.75, 3.05) is 6.61 Å². The Kier molecular flexibility index (Phi) is 5.52. The van der Waals surface area contributed by atoms with E-state index < -0.39 is 5.97 Å². The molecule has 0 saturated heterocycles. The number of aromatic nitrogens is 2. The van der Waals surface area contributed by atoms with Gasteiger partial charge in [0.05, 0.1) is 33.1 Å². The molecule has 0 radical (unpaired) electrons. The fourth-order valence-electron chi connectivity index (χ4n) is 2.91. The number of pyridine rings is 1. The monoisotopic (exact) mass is 412 g/mol. The van der Waals surface area contributed by atoms with Gasteiger partial charge in [-0.2, -0.15) is 0 Å². The van der Waals surface area contributed by atoms with Crippen LogP contribution in [0.25, 0.3) is 21.1 Å². The smallest absolute Gasteiger partial charge is 0.332 e. The topological polar surface area (TPSA) is 61.3 Å². The molecule has 2 aromatic heterocycles. The molecule has 0 fully saturated rings. The van der Waals surface area contributed by atoms with Crippen molar-refractivity contribution in [1.29, 1.82) is 0 Å². The third kappa shape index (κ3) is 3.99. The molecular formula is C21H17ClN2O3S. The molecule has 2 heterocycles. The summed E-state index contributed by atoms with van der Waals surface area (Å²) in [6.07, 6.45) is 0. The number of thiazole rings is 1. The van der Waals surface area contributed by atoms with Gasteiger partial charge in [-0.1, -0.05) is 41.9 Å². The van der Waals surface area contributed by atoms with E-state index in [1.54, 1.807) is 11.3 Å². The Hall–Kier alpha value is -2.54. The minimum atomic E-state index is -0.468. The van der Waals surface area contributed by atoms with E-state index in [0.29, 0.717) is 10.7 Å². The quantitative estimate of drug-likeness (QED) is 0.414. The number of aryl methyl sites for hydroxylation is 1. The fraction of sp³-hybridized carbons (Fsp3) is 0.190. The van der Waals surface area contributed by atoms with Gasteiger partial charge >= 0.3 is 5.97 Å². The van der Waals surface area contributed by atoms with Gasteiger partial charge < -0.3 is 9.47 Å². The van der Waals surface area contributed by atoms with Crippen LogP contribution >= 0.6 is 22.9 Å². The minimum Gasteiger partial charge on any atom is -0.457 e. The molecule has 0 aliphatic carbocycles. The third-order valence-electron chi connectivity index (χ3n) is 4.30. The van der Waals surface area contributed by atoms with Gasteiger partial charge in [-0.3, -0.25) is 0 Å². The number of ether oxygens (including phenoxy) is 2. The maximum Gasteiger partial charge on any atom is 0.332 e. The zero-order valence-corrected chi connectivity index (χ0v) is 16.7. The van der Waals surface area contributed by atoms with Crippen molar-refractivity contribution < 1.29 is 14.3 Å². The number of para-hydroxylation sites is 2. The Morgan fingerprint density at radius 2 is 1.79 bits per heavy atom. The number of hydrogen-bond donors (Lipinski definition) is 0. The number of fused-ring (bicyclic) bond motifs is 2. The van der Waals surface area contributed by atoms with Crippen molar-refractivity contribution >= 4 is 50.0 Å². The van der Waals surface area contributed by atoms with Crippen LogP contribution in [0.4, 0.5) is 0 Å². The zero-order chi connectivity index (χ0) is 19.5. The molecule has 0 N–H and O–H groups in total. The van der Waals surface area contributed by atoms with Crippen molar-refractivity contribution in [2.45, 2.75) is 20.1 Å². The molecule has 0 spiro atoms. The highest BCUT2D eigenvalue weighted by Crippen LogP contribution is 2.27. The van der Waals surface area contributed by atoms with Gasteiger partial charge in [0.15, 0.2) is 0 Å². The highest BCUT2D eigenvalue weighted by atomic mass is 35.5. The van der Waals surface area contributed by atoms with Gasteiger partial charge in [-0.15, -0.1) is 11.3 Å². The first-order valence-corrected chi connectivity index (χ1v) is 9.93. The molecule has 142 valence electrons. The maximum absolute atomic E-state index is 12.0. The molecule has 0 unspecified atom stereocenters. The number of benzene rings is 2. The predicted octanol–water partition coefficient (Wildman–Crippen LogP) is 5.07. The first-order valence-electron chi connectivity index (χ1n) is 8.73. The number of halogens is 1. The van der Waals surface area contributed by atoms with E-state index in [4.69, 9.17) is 21.1 Å². The Labute approximate surface area is 170 Å². The minimum absolute atomic E-state index is 0.00778. The van der Waals surface area contributed by atoms with Gasteiger partial charge in [-0.25, -0.2) is 14.8 Å². The molecule has 0 amide bonds. The second kappa shape index (κ2) is 8.22. The lowest BCUT2D eigenvalue weighted by molar-refractivity contribution is -0.150. The van der Waals surface area contributed by atoms with Crippen LogP contribution < -0.4 is 0 Å². The van der Waals surface area contributed by atoms with Crippen LogP contribution in [-0.4, -0.2) is 22.5 Å². The van der Waals surface area contributed by atoms with Gasteiger partial charge in [0.25, 0.3) is 0 Å². The van der Waals surface area contributed by atoms with Crippen LogP contribution in [0, 0.1) is 6.92 Å². The molecule has 0 atom stereocenters. The Balaban J connectivity index is 1.33. The molecular weight excluding hydrogens is 396 g/mol. The summed E-state index contributed by atoms with van der Waals surface area (Å²) < 4.78 is 11.8. The summed E-state index contributed by atoms with van der Waals surface area (Å²) in [5.41, 5.74) is 3.21. The molecule has 0 saturated carbocycles. The largest absolute Gasteiger partial charge is 0.457 e. The van der Waals surface area contributed by atoms with Gasteiger partial charge in [0.1, 0.15) is 18.2 Å². The van der Waals surface area contributed by atoms with Crippen LogP contribution in [0.15, 0.2) is 48.5 Å². The summed E-state index contributed by atoms with van der Waals surface area (Å²) in [5, 5.41) is 2.33. The normalized spacial score (nSPS) is 11.2. The maximum atomic E-state index is 12.0. The summed E-state index contributed by atoms with van der Waals surface area (Å²) in [6.45, 7) is 2.05. The first kappa shape index (κ1) is 18.8. The van der Waals surface area contributed by atoms with E-state index in [9.17, 15) is 4.79 Å². The van der Waals surface area contributed by atoms with E-state index in [-0.39, 0.29) is 19.8 Å². The molecule has 2 aromatic carbocycles. The summed E-state index contributed by atoms with van der Waals surface area (Å²) in [4.78, 5) is 21.0. The van der Waals surface area contributed by atoms with Crippen molar-refractivity contribution in [1.82, 2.24) is 9.97 Å². The van der Waals surface area contributed by atoms with E-state index >= 15 is 0 Å². The number of rotatable bonds is 6. The second-order valence-electron chi connectivity index (χ2n) is 6.24. The van der Waals surface area contributed by atoms with Crippen LogP contribution in [-0.2, 0) is 27.5 Å². The number of carbonyl (C=O) groups excluding carboxylic acids is 1. The Morgan fingerprint density at radius 1 is 1.04 bits per heavy atom. The number of carbonyl (C=O) groups is 1. The van der Waals surface area contributed by atoms with E-state index in [1.807, 2.05) is 55.5 Å². The van der Waals surface area contributed by atoms with Crippen molar-refractivity contribution in [3.05, 3.63) is 69.8 Å². The summed E-state index contributed by atoms with van der Waals surface area (Å²) in [7, 11) is 0. The average Bonchev–Trinajstić information content (AvgIpc) is 3.12. The Bertz CT molecular complexity index is 1130. The van der Waals surface area contributed by atoms with Crippen LogP contribution in [0.1, 0.15) is 16.3 Å². The van der Waals surface area contributed by atoms with E-state index in [1.165, 1.54) is 0 Å². The predicted molar refractivity (Wildman–Crippen MR) is 111 cm³/mol. The van der Waals surface area contributed by atoms with Crippen LogP contribution in [0.2, 0.25) is 5.02 Å². The van der Waals surface area contributed by atoms with E-state index in [2.05, 4.69) is 9.97 Å². The van der Waals surface area contributed by atoms with Gasteiger partial charge in [-0.05, 0) is 30.7 Å². The Morgan fingerprint density at radius 3 is 2.61 bits per heavy atom. The molecule has 0 aliphatic heterocycles. The molecule has 7 heteroatoms. The van der Waals surface area contributed by atoms with Crippen LogP contribution in [0.5, 0.6) is 0 Å². The van der Waals surface area contributed by atoms with Gasteiger partial charge in [0.2, 0.25) is 0 Å². The van der Waals surface area contributed by atoms with Gasteiger partial charge in [0, 0.05) is 5.39 Å². The first-order chi connectivity index (χ1) is 13.6. The lowest BCUT2D eigenvalue weighted by Crippen LogP contribution is -2.13. The van der Waals surface area contributed by atoms with Crippen molar-refractivity contribution in [3.8, 4) is 0 Å². The van der Waals surface area contributed by atoms with Crippen LogP contribution in [0.3, 0.4) is 0 Å². The lowest BCUT2D eigenvalue weighted by Gasteiger charge is -2.10. The standard InChI is InChI=1S/C21H17ClN2O3S/c1-13-14-6-2-3-7-15(14)23-17(21(13)22)10-27-20(25)12-26-11-19-24-16-8-4-5-9-18(16)28-19/h2-9H,10-12H2,1H3. The number of esters is 1. The zero-order valence-electron chi connectivity index (χ0n) is 15.1. The number of nitrogens with zero attached hydrogens (tertiary/aromatic N) is 2. The average molecular weight is 413 g/mol. The third-order valence-corrected chi connectivity index (χ3v) is 5.81. The number of hydrogen-bond acceptors (Lipinski definition) is 6. The molecule has 0 bridgehead atoms. The molecule has 4 aromatic rings. The van der Waals surface area contributed by atoms with Crippen molar-refractivity contribution in [2.24, 2.45) is 0 Å². The van der Waals surface area contributed by atoms with E-state index in [0.717, 1.165) is 31.7 Å². The summed E-state index contributed by atoms with van der Waals surface area (Å²) in [5.74, 6) is -0.468. The molecule has 4 rings (SSSR count). The summed E-state index contributed by atoms with van der Waals surface area (Å²) >= 11 is 7.93. The summed E-state index contributed by atoms with van der Waals surface area (Å²) in [6, 6.07) is 15.6. The molecule has 28 heavy (non-hydrogen) atoms. The lowest BCUT2D eigenvalue weighted by atomic mass is 10.1. The fourth-order valence-corrected chi connectivity index (χ4v) is 4.01. The van der Waals surface area contributed by atoms with Crippen molar-refractivity contribution in [3.63, 3.8) is 0 Å². The SMILES string of the molecule is Cc1c(Cl)c(COC(=O)COCc2nc3ccccc3s2)nc2ccccc12. The molecule has 0 aliphatic rings.